The van der Waals surface area contributed by atoms with Crippen molar-refractivity contribution < 1.29 is 28.9 Å². The van der Waals surface area contributed by atoms with Crippen LogP contribution in [0.1, 0.15) is 39.2 Å². The SMILES string of the molecule is CC(C)(C)OC(=O)N1C(=O)C(CO)(CCO)CC1Cc1ccc(-c2cc(Cl)ccc2F)cc1. The maximum atomic E-state index is 14.2. The normalized spacial score (nSPS) is 20.9. The summed E-state index contributed by atoms with van der Waals surface area (Å²) >= 11 is 6.00. The largest absolute Gasteiger partial charge is 0.443 e. The number of hydrogen-bond donors (Lipinski definition) is 2. The summed E-state index contributed by atoms with van der Waals surface area (Å²) < 4.78 is 19.6. The van der Waals surface area contributed by atoms with E-state index >= 15 is 0 Å². The molecule has 2 unspecified atom stereocenters. The third-order valence-electron chi connectivity index (χ3n) is 5.81. The second-order valence-electron chi connectivity index (χ2n) is 9.45. The molecule has 0 aliphatic carbocycles. The number of carbonyl (C=O) groups is 2. The van der Waals surface area contributed by atoms with Gasteiger partial charge < -0.3 is 14.9 Å². The zero-order valence-corrected chi connectivity index (χ0v) is 19.7. The number of nitrogens with zero attached hydrogens (tertiary/aromatic N) is 1. The number of aliphatic hydroxyl groups excluding tert-OH is 2. The van der Waals surface area contributed by atoms with Crippen LogP contribution in [0.2, 0.25) is 5.02 Å². The molecule has 0 aromatic heterocycles. The van der Waals surface area contributed by atoms with Crippen LogP contribution in [0.15, 0.2) is 42.5 Å². The molecule has 1 fully saturated rings. The van der Waals surface area contributed by atoms with E-state index in [9.17, 15) is 24.2 Å². The highest BCUT2D eigenvalue weighted by molar-refractivity contribution is 6.30. The zero-order valence-electron chi connectivity index (χ0n) is 19.0. The average molecular weight is 478 g/mol. The first-order valence-electron chi connectivity index (χ1n) is 10.8. The van der Waals surface area contributed by atoms with Gasteiger partial charge in [-0.3, -0.25) is 4.79 Å². The Morgan fingerprint density at radius 1 is 1.21 bits per heavy atom. The van der Waals surface area contributed by atoms with Crippen LogP contribution in [0.4, 0.5) is 9.18 Å². The Kier molecular flexibility index (Phi) is 7.46. The summed E-state index contributed by atoms with van der Waals surface area (Å²) in [5.41, 5.74) is -0.185. The standard InChI is InChI=1S/C25H29ClFNO5/c1-24(2,3)33-23(32)28-19(14-25(15-30,10-11-29)22(28)31)12-16-4-6-17(7-5-16)20-13-18(26)8-9-21(20)27/h4-9,13,19,29-30H,10-12,14-15H2,1-3H3. The van der Waals surface area contributed by atoms with Gasteiger partial charge in [-0.15, -0.1) is 0 Å². The molecule has 8 heteroatoms. The lowest BCUT2D eigenvalue weighted by Crippen LogP contribution is -2.45. The van der Waals surface area contributed by atoms with Crippen LogP contribution >= 0.6 is 11.6 Å². The Labute approximate surface area is 197 Å². The number of hydrogen-bond acceptors (Lipinski definition) is 5. The highest BCUT2D eigenvalue weighted by atomic mass is 35.5. The summed E-state index contributed by atoms with van der Waals surface area (Å²) in [6.07, 6.45) is -0.197. The number of aliphatic hydroxyl groups is 2. The smallest absolute Gasteiger partial charge is 0.417 e. The van der Waals surface area contributed by atoms with E-state index in [4.69, 9.17) is 16.3 Å². The first-order valence-corrected chi connectivity index (χ1v) is 11.2. The van der Waals surface area contributed by atoms with E-state index in [1.54, 1.807) is 51.1 Å². The summed E-state index contributed by atoms with van der Waals surface area (Å²) in [6, 6.07) is 10.9. The van der Waals surface area contributed by atoms with Crippen LogP contribution < -0.4 is 0 Å². The summed E-state index contributed by atoms with van der Waals surface area (Å²) in [6.45, 7) is 4.36. The topological polar surface area (TPSA) is 87.1 Å². The summed E-state index contributed by atoms with van der Waals surface area (Å²) in [5.74, 6) is -0.933. The van der Waals surface area contributed by atoms with E-state index in [1.165, 1.54) is 12.1 Å². The molecule has 2 amide bonds. The Morgan fingerprint density at radius 2 is 1.88 bits per heavy atom. The molecule has 2 aromatic rings. The van der Waals surface area contributed by atoms with Gasteiger partial charge in [0.25, 0.3) is 0 Å². The molecule has 3 rings (SSSR count). The van der Waals surface area contributed by atoms with Gasteiger partial charge in [-0.25, -0.2) is 14.1 Å². The van der Waals surface area contributed by atoms with Crippen LogP contribution in [-0.2, 0) is 16.0 Å². The maximum absolute atomic E-state index is 14.2. The van der Waals surface area contributed by atoms with Crippen molar-refractivity contribution >= 4 is 23.6 Å². The lowest BCUT2D eigenvalue weighted by molar-refractivity contribution is -0.138. The van der Waals surface area contributed by atoms with Crippen molar-refractivity contribution in [3.63, 3.8) is 0 Å². The predicted octanol–water partition coefficient (Wildman–Crippen LogP) is 4.59. The van der Waals surface area contributed by atoms with Crippen LogP contribution in [0.25, 0.3) is 11.1 Å². The van der Waals surface area contributed by atoms with E-state index in [2.05, 4.69) is 0 Å². The molecule has 6 nitrogen and oxygen atoms in total. The summed E-state index contributed by atoms with van der Waals surface area (Å²) in [5, 5.41) is 19.9. The highest BCUT2D eigenvalue weighted by Gasteiger charge is 2.54. The second-order valence-corrected chi connectivity index (χ2v) is 9.89. The van der Waals surface area contributed by atoms with E-state index in [0.717, 1.165) is 10.5 Å². The molecule has 0 saturated carbocycles. The van der Waals surface area contributed by atoms with Gasteiger partial charge >= 0.3 is 6.09 Å². The minimum absolute atomic E-state index is 0.0467. The molecule has 2 N–H and O–H groups in total. The fourth-order valence-electron chi connectivity index (χ4n) is 4.20. The van der Waals surface area contributed by atoms with Crippen LogP contribution in [0, 0.1) is 11.2 Å². The van der Waals surface area contributed by atoms with Crippen molar-refractivity contribution in [1.29, 1.82) is 0 Å². The average Bonchev–Trinajstić information content (AvgIpc) is 3.01. The van der Waals surface area contributed by atoms with E-state index in [1.807, 2.05) is 0 Å². The molecular weight excluding hydrogens is 449 g/mol. The number of benzene rings is 2. The van der Waals surface area contributed by atoms with Gasteiger partial charge in [-0.05, 0) is 69.4 Å². The molecule has 2 aromatic carbocycles. The van der Waals surface area contributed by atoms with Crippen LogP contribution in [0.5, 0.6) is 0 Å². The highest BCUT2D eigenvalue weighted by Crippen LogP contribution is 2.41. The van der Waals surface area contributed by atoms with E-state index in [0.29, 0.717) is 22.6 Å². The fraction of sp³-hybridized carbons (Fsp3) is 0.440. The fourth-order valence-corrected chi connectivity index (χ4v) is 4.38. The molecule has 0 bridgehead atoms. The Morgan fingerprint density at radius 3 is 2.45 bits per heavy atom. The van der Waals surface area contributed by atoms with Crippen LogP contribution in [-0.4, -0.2) is 52.0 Å². The number of likely N-dealkylation sites (tertiary alicyclic amines) is 1. The zero-order chi connectivity index (χ0) is 24.4. The third kappa shape index (κ3) is 5.54. The molecule has 1 aliphatic heterocycles. The van der Waals surface area contributed by atoms with Gasteiger partial charge in [0.1, 0.15) is 11.4 Å². The Hall–Kier alpha value is -2.48. The number of halogens is 2. The van der Waals surface area contributed by atoms with E-state index in [-0.39, 0.29) is 25.3 Å². The molecule has 1 heterocycles. The summed E-state index contributed by atoms with van der Waals surface area (Å²) in [7, 11) is 0. The molecule has 33 heavy (non-hydrogen) atoms. The van der Waals surface area contributed by atoms with Crippen molar-refractivity contribution in [2.24, 2.45) is 5.41 Å². The lowest BCUT2D eigenvalue weighted by Gasteiger charge is -2.28. The molecule has 1 aliphatic rings. The number of imide groups is 1. The van der Waals surface area contributed by atoms with Gasteiger partial charge in [-0.2, -0.15) is 0 Å². The first kappa shape index (κ1) is 25.1. The number of ether oxygens (including phenoxy) is 1. The van der Waals surface area contributed by atoms with Crippen molar-refractivity contribution in [1.82, 2.24) is 4.90 Å². The predicted molar refractivity (Wildman–Crippen MR) is 123 cm³/mol. The second kappa shape index (κ2) is 9.79. The van der Waals surface area contributed by atoms with Crippen molar-refractivity contribution in [3.05, 3.63) is 58.9 Å². The molecule has 0 spiro atoms. The Bertz CT molecular complexity index is 1020. The van der Waals surface area contributed by atoms with E-state index < -0.39 is 35.7 Å². The minimum atomic E-state index is -1.24. The number of rotatable bonds is 6. The third-order valence-corrected chi connectivity index (χ3v) is 6.05. The number of carbonyl (C=O) groups excluding carboxylic acids is 2. The monoisotopic (exact) mass is 477 g/mol. The Balaban J connectivity index is 1.88. The van der Waals surface area contributed by atoms with Gasteiger partial charge in [-0.1, -0.05) is 35.9 Å². The quantitative estimate of drug-likeness (QED) is 0.635. The van der Waals surface area contributed by atoms with Crippen molar-refractivity contribution in [2.45, 2.75) is 51.7 Å². The number of amides is 2. The van der Waals surface area contributed by atoms with Gasteiger partial charge in [0.05, 0.1) is 12.0 Å². The minimum Gasteiger partial charge on any atom is -0.443 e. The molecule has 2 atom stereocenters. The van der Waals surface area contributed by atoms with Crippen molar-refractivity contribution in [3.8, 4) is 11.1 Å². The van der Waals surface area contributed by atoms with Gasteiger partial charge in [0.15, 0.2) is 0 Å². The first-order chi connectivity index (χ1) is 15.5. The van der Waals surface area contributed by atoms with Crippen molar-refractivity contribution in [2.75, 3.05) is 13.2 Å². The summed E-state index contributed by atoms with van der Waals surface area (Å²) in [4.78, 5) is 27.1. The lowest BCUT2D eigenvalue weighted by atomic mass is 9.81. The molecular formula is C25H29ClFNO5. The molecule has 0 radical (unpaired) electrons. The maximum Gasteiger partial charge on any atom is 0.417 e. The van der Waals surface area contributed by atoms with Gasteiger partial charge in [0.2, 0.25) is 5.91 Å². The van der Waals surface area contributed by atoms with Gasteiger partial charge in [0, 0.05) is 23.2 Å². The molecule has 1 saturated heterocycles. The van der Waals surface area contributed by atoms with Crippen LogP contribution in [0.3, 0.4) is 0 Å². The molecule has 178 valence electrons.